The van der Waals surface area contributed by atoms with Crippen LogP contribution in [0.15, 0.2) is 30.6 Å². The van der Waals surface area contributed by atoms with E-state index in [0.29, 0.717) is 10.9 Å². The molecular weight excluding hydrogens is 315 g/mol. The van der Waals surface area contributed by atoms with Crippen LogP contribution in [0.5, 0.6) is 0 Å². The highest BCUT2D eigenvalue weighted by molar-refractivity contribution is 5.89. The molecule has 3 aromatic heterocycles. The van der Waals surface area contributed by atoms with E-state index in [1.54, 1.807) is 0 Å². The first kappa shape index (κ1) is 14.6. The molecule has 10 heteroatoms. The predicted octanol–water partition coefficient (Wildman–Crippen LogP) is 2.11. The smallest absolute Gasteiger partial charge is 0.434 e. The van der Waals surface area contributed by atoms with E-state index in [1.165, 1.54) is 24.4 Å². The molecule has 0 atom stereocenters. The van der Waals surface area contributed by atoms with E-state index in [9.17, 15) is 18.0 Å². The molecule has 0 aliphatic carbocycles. The predicted molar refractivity (Wildman–Crippen MR) is 69.0 cm³/mol. The van der Waals surface area contributed by atoms with E-state index in [0.717, 1.165) is 4.52 Å². The van der Waals surface area contributed by atoms with Crippen LogP contribution in [0.1, 0.15) is 21.7 Å². The second kappa shape index (κ2) is 4.84. The first-order valence-corrected chi connectivity index (χ1v) is 6.10. The molecule has 0 radical (unpaired) electrons. The van der Waals surface area contributed by atoms with Gasteiger partial charge in [-0.2, -0.15) is 28.6 Å². The van der Waals surface area contributed by atoms with Crippen LogP contribution in [0.3, 0.4) is 0 Å². The number of nitrogens with zero attached hydrogens (tertiary/aromatic N) is 5. The summed E-state index contributed by atoms with van der Waals surface area (Å²) in [5.74, 6) is -1.73. The van der Waals surface area contributed by atoms with Crippen molar-refractivity contribution in [3.05, 3.63) is 47.5 Å². The summed E-state index contributed by atoms with van der Waals surface area (Å²) in [6.07, 6.45) is -2.97. The quantitative estimate of drug-likeness (QED) is 0.780. The van der Waals surface area contributed by atoms with Crippen molar-refractivity contribution in [3.8, 4) is 11.8 Å². The van der Waals surface area contributed by atoms with Crippen LogP contribution in [0, 0.1) is 11.3 Å². The fraction of sp³-hybridized carbons (Fsp3) is 0.0769. The zero-order valence-corrected chi connectivity index (χ0v) is 11.1. The molecule has 1 N–H and O–H groups in total. The average Bonchev–Trinajstić information content (AvgIpc) is 3.12. The largest absolute Gasteiger partial charge is 0.478 e. The van der Waals surface area contributed by atoms with Gasteiger partial charge in [-0.3, -0.25) is 0 Å². The Kier molecular flexibility index (Phi) is 3.07. The second-order valence-electron chi connectivity index (χ2n) is 4.47. The molecule has 0 saturated heterocycles. The van der Waals surface area contributed by atoms with Gasteiger partial charge in [-0.1, -0.05) is 0 Å². The zero-order chi connectivity index (χ0) is 16.8. The van der Waals surface area contributed by atoms with Gasteiger partial charge < -0.3 is 5.11 Å². The molecule has 0 fully saturated rings. The van der Waals surface area contributed by atoms with E-state index >= 15 is 0 Å². The maximum Gasteiger partial charge on any atom is 0.434 e. The fourth-order valence-electron chi connectivity index (χ4n) is 2.23. The number of hydrogen-bond acceptors (Lipinski definition) is 4. The number of fused-ring (bicyclic) bond motifs is 1. The van der Waals surface area contributed by atoms with E-state index in [2.05, 4.69) is 10.2 Å². The van der Waals surface area contributed by atoms with Gasteiger partial charge in [0, 0.05) is 0 Å². The van der Waals surface area contributed by atoms with Crippen molar-refractivity contribution in [2.24, 2.45) is 0 Å². The van der Waals surface area contributed by atoms with Crippen LogP contribution in [-0.2, 0) is 6.18 Å². The summed E-state index contributed by atoms with van der Waals surface area (Å²) in [6, 6.07) is 5.79. The average molecular weight is 321 g/mol. The number of halogens is 3. The van der Waals surface area contributed by atoms with E-state index in [-0.39, 0.29) is 16.9 Å². The number of aromatic nitrogens is 4. The van der Waals surface area contributed by atoms with Crippen molar-refractivity contribution in [2.75, 3.05) is 0 Å². The molecule has 23 heavy (non-hydrogen) atoms. The lowest BCUT2D eigenvalue weighted by Crippen LogP contribution is -2.18. The lowest BCUT2D eigenvalue weighted by molar-refractivity contribution is -0.143. The molecule has 0 bridgehead atoms. The Morgan fingerprint density at radius 2 is 2.00 bits per heavy atom. The summed E-state index contributed by atoms with van der Waals surface area (Å²) in [5.41, 5.74) is -2.10. The maximum absolute atomic E-state index is 13.3. The Balaban J connectivity index is 2.35. The SMILES string of the molecule is N#Cc1ccc(-n2ncc(C(=O)O)c2C(F)(F)F)c2ccnn12. The molecule has 3 aromatic rings. The minimum Gasteiger partial charge on any atom is -0.478 e. The highest BCUT2D eigenvalue weighted by Gasteiger charge is 2.41. The number of pyridine rings is 1. The minimum absolute atomic E-state index is 0.0404. The minimum atomic E-state index is -4.92. The third kappa shape index (κ3) is 2.18. The van der Waals surface area contributed by atoms with Gasteiger partial charge in [0.1, 0.15) is 17.3 Å². The lowest BCUT2D eigenvalue weighted by Gasteiger charge is -2.12. The normalized spacial score (nSPS) is 11.6. The van der Waals surface area contributed by atoms with E-state index in [1.807, 2.05) is 6.07 Å². The summed E-state index contributed by atoms with van der Waals surface area (Å²) in [4.78, 5) is 11.0. The van der Waals surface area contributed by atoms with Crippen molar-refractivity contribution < 1.29 is 23.1 Å². The lowest BCUT2D eigenvalue weighted by atomic mass is 10.2. The molecular formula is C13H6F3N5O2. The third-order valence-corrected chi connectivity index (χ3v) is 3.14. The number of carboxylic acids is 1. The van der Waals surface area contributed by atoms with Gasteiger partial charge >= 0.3 is 12.1 Å². The Bertz CT molecular complexity index is 964. The molecule has 3 rings (SSSR count). The number of alkyl halides is 3. The Morgan fingerprint density at radius 3 is 2.61 bits per heavy atom. The summed E-state index contributed by atoms with van der Waals surface area (Å²) >= 11 is 0. The van der Waals surface area contributed by atoms with Crippen LogP contribution in [-0.4, -0.2) is 30.5 Å². The maximum atomic E-state index is 13.3. The molecule has 0 aliphatic rings. The summed E-state index contributed by atoms with van der Waals surface area (Å²) in [5, 5.41) is 25.3. The summed E-state index contributed by atoms with van der Waals surface area (Å²) in [7, 11) is 0. The van der Waals surface area contributed by atoms with Gasteiger partial charge in [-0.05, 0) is 18.2 Å². The molecule has 0 spiro atoms. The fourth-order valence-corrected chi connectivity index (χ4v) is 2.23. The first-order chi connectivity index (χ1) is 10.8. The molecule has 3 heterocycles. The molecule has 0 aromatic carbocycles. The van der Waals surface area contributed by atoms with Crippen LogP contribution >= 0.6 is 0 Å². The number of nitriles is 1. The van der Waals surface area contributed by atoms with Crippen molar-refractivity contribution in [2.45, 2.75) is 6.18 Å². The first-order valence-electron chi connectivity index (χ1n) is 6.10. The highest BCUT2D eigenvalue weighted by Crippen LogP contribution is 2.34. The van der Waals surface area contributed by atoms with Gasteiger partial charge in [0.05, 0.1) is 23.6 Å². The van der Waals surface area contributed by atoms with Gasteiger partial charge in [-0.15, -0.1) is 0 Å². The van der Waals surface area contributed by atoms with Crippen molar-refractivity contribution in [1.82, 2.24) is 19.4 Å². The van der Waals surface area contributed by atoms with Crippen LogP contribution in [0.4, 0.5) is 13.2 Å². The van der Waals surface area contributed by atoms with E-state index in [4.69, 9.17) is 10.4 Å². The number of hydrogen-bond donors (Lipinski definition) is 1. The molecule has 0 saturated carbocycles. The molecule has 0 aliphatic heterocycles. The highest BCUT2D eigenvalue weighted by atomic mass is 19.4. The van der Waals surface area contributed by atoms with Crippen LogP contribution in [0.25, 0.3) is 11.2 Å². The summed E-state index contributed by atoms with van der Waals surface area (Å²) in [6.45, 7) is 0. The van der Waals surface area contributed by atoms with Crippen molar-refractivity contribution in [3.63, 3.8) is 0 Å². The Labute approximate surface area is 125 Å². The molecule has 0 unspecified atom stereocenters. The summed E-state index contributed by atoms with van der Waals surface area (Å²) < 4.78 is 41.4. The molecule has 0 amide bonds. The van der Waals surface area contributed by atoms with Gasteiger partial charge in [0.25, 0.3) is 0 Å². The van der Waals surface area contributed by atoms with Crippen molar-refractivity contribution in [1.29, 1.82) is 5.26 Å². The van der Waals surface area contributed by atoms with Gasteiger partial charge in [0.15, 0.2) is 5.69 Å². The number of carboxylic acid groups (broad SMARTS) is 1. The zero-order valence-electron chi connectivity index (χ0n) is 11.1. The topological polar surface area (TPSA) is 96.2 Å². The van der Waals surface area contributed by atoms with Crippen LogP contribution < -0.4 is 0 Å². The molecule has 7 nitrogen and oxygen atoms in total. The molecule has 116 valence electrons. The van der Waals surface area contributed by atoms with Gasteiger partial charge in [0.2, 0.25) is 0 Å². The Morgan fingerprint density at radius 1 is 1.26 bits per heavy atom. The monoisotopic (exact) mass is 321 g/mol. The van der Waals surface area contributed by atoms with Gasteiger partial charge in [-0.25, -0.2) is 14.0 Å². The second-order valence-corrected chi connectivity index (χ2v) is 4.47. The van der Waals surface area contributed by atoms with E-state index < -0.39 is 23.4 Å². The Hall–Kier alpha value is -3.35. The van der Waals surface area contributed by atoms with Crippen LogP contribution in [0.2, 0.25) is 0 Å². The number of carbonyl (C=O) groups is 1. The third-order valence-electron chi connectivity index (χ3n) is 3.14. The number of aromatic carboxylic acids is 1. The standard InChI is InChI=1S/C13H6F3N5O2/c14-13(15,16)11-8(12(22)23)6-19-21(11)9-2-1-7(5-17)20-10(9)3-4-18-20/h1-4,6H,(H,22,23). The van der Waals surface area contributed by atoms with Crippen molar-refractivity contribution >= 4 is 11.5 Å². The number of rotatable bonds is 2.